The predicted molar refractivity (Wildman–Crippen MR) is 90.0 cm³/mol. The standard InChI is InChI=1S/C18H31N3O2/c1-17(2,3)20-15(22)4-5-19-16(23)21-18-9-12-6-13(10-18)8-14(7-12)11-18/h12-14H,4-11H2,1-3H3,(H,20,22)(H2,19,21,23). The van der Waals surface area contributed by atoms with Crippen LogP contribution in [0, 0.1) is 17.8 Å². The number of urea groups is 1. The van der Waals surface area contributed by atoms with Crippen molar-refractivity contribution < 1.29 is 9.59 Å². The van der Waals surface area contributed by atoms with Crippen molar-refractivity contribution >= 4 is 11.9 Å². The zero-order valence-corrected chi connectivity index (χ0v) is 14.7. The molecule has 130 valence electrons. The van der Waals surface area contributed by atoms with Gasteiger partial charge >= 0.3 is 6.03 Å². The topological polar surface area (TPSA) is 70.2 Å². The van der Waals surface area contributed by atoms with Crippen molar-refractivity contribution in [3.8, 4) is 0 Å². The second-order valence-corrected chi connectivity index (χ2v) is 9.13. The molecule has 0 aromatic heterocycles. The number of carbonyl (C=O) groups excluding carboxylic acids is 2. The maximum atomic E-state index is 12.2. The van der Waals surface area contributed by atoms with Gasteiger partial charge in [-0.25, -0.2) is 4.79 Å². The molecule has 0 radical (unpaired) electrons. The predicted octanol–water partition coefficient (Wildman–Crippen LogP) is 2.56. The molecule has 5 nitrogen and oxygen atoms in total. The van der Waals surface area contributed by atoms with Gasteiger partial charge in [0, 0.05) is 24.0 Å². The molecule has 0 aromatic rings. The van der Waals surface area contributed by atoms with Crippen LogP contribution in [0.2, 0.25) is 0 Å². The third-order valence-electron chi connectivity index (χ3n) is 5.57. The van der Waals surface area contributed by atoms with Crippen LogP contribution in [0.4, 0.5) is 4.79 Å². The second kappa shape index (κ2) is 5.99. The monoisotopic (exact) mass is 321 g/mol. The van der Waals surface area contributed by atoms with Crippen LogP contribution in [0.3, 0.4) is 0 Å². The highest BCUT2D eigenvalue weighted by Crippen LogP contribution is 2.55. The summed E-state index contributed by atoms with van der Waals surface area (Å²) in [5.74, 6) is 2.44. The van der Waals surface area contributed by atoms with E-state index in [1.807, 2.05) is 20.8 Å². The molecule has 23 heavy (non-hydrogen) atoms. The normalized spacial score (nSPS) is 35.0. The Bertz CT molecular complexity index is 446. The lowest BCUT2D eigenvalue weighted by atomic mass is 9.53. The van der Waals surface area contributed by atoms with E-state index in [1.165, 1.54) is 19.3 Å². The molecule has 0 spiro atoms. The van der Waals surface area contributed by atoms with E-state index in [1.54, 1.807) is 0 Å². The third-order valence-corrected chi connectivity index (χ3v) is 5.57. The van der Waals surface area contributed by atoms with Crippen molar-refractivity contribution in [2.24, 2.45) is 17.8 Å². The molecule has 3 N–H and O–H groups in total. The minimum Gasteiger partial charge on any atom is -0.351 e. The highest BCUT2D eigenvalue weighted by molar-refractivity contribution is 5.79. The number of amides is 3. The molecule has 0 aliphatic heterocycles. The molecule has 3 amide bonds. The molecule has 4 aliphatic carbocycles. The van der Waals surface area contributed by atoms with Gasteiger partial charge in [-0.1, -0.05) is 0 Å². The summed E-state index contributed by atoms with van der Waals surface area (Å²) in [5.41, 5.74) is -0.189. The van der Waals surface area contributed by atoms with E-state index in [0.29, 0.717) is 13.0 Å². The fourth-order valence-electron chi connectivity index (χ4n) is 5.32. The van der Waals surface area contributed by atoms with E-state index >= 15 is 0 Å². The fraction of sp³-hybridized carbons (Fsp3) is 0.889. The van der Waals surface area contributed by atoms with Crippen LogP contribution in [-0.2, 0) is 4.79 Å². The van der Waals surface area contributed by atoms with Crippen LogP contribution in [0.25, 0.3) is 0 Å². The molecule has 0 aromatic carbocycles. The highest BCUT2D eigenvalue weighted by atomic mass is 16.2. The van der Waals surface area contributed by atoms with E-state index < -0.39 is 0 Å². The lowest BCUT2D eigenvalue weighted by Crippen LogP contribution is -2.61. The Kier molecular flexibility index (Phi) is 4.32. The number of nitrogens with one attached hydrogen (secondary N) is 3. The summed E-state index contributed by atoms with van der Waals surface area (Å²) < 4.78 is 0. The van der Waals surface area contributed by atoms with Crippen LogP contribution < -0.4 is 16.0 Å². The minimum absolute atomic E-state index is 0.0207. The average molecular weight is 321 g/mol. The number of rotatable bonds is 4. The number of hydrogen-bond donors (Lipinski definition) is 3. The Hall–Kier alpha value is -1.26. The van der Waals surface area contributed by atoms with Gasteiger partial charge in [-0.15, -0.1) is 0 Å². The van der Waals surface area contributed by atoms with E-state index in [4.69, 9.17) is 0 Å². The molecule has 0 unspecified atom stereocenters. The van der Waals surface area contributed by atoms with Gasteiger partial charge in [-0.2, -0.15) is 0 Å². The number of hydrogen-bond acceptors (Lipinski definition) is 2. The van der Waals surface area contributed by atoms with Gasteiger partial charge in [-0.3, -0.25) is 4.79 Å². The maximum absolute atomic E-state index is 12.2. The molecule has 0 saturated heterocycles. The third kappa shape index (κ3) is 4.18. The highest BCUT2D eigenvalue weighted by Gasteiger charge is 2.51. The molecule has 0 atom stereocenters. The fourth-order valence-corrected chi connectivity index (χ4v) is 5.32. The van der Waals surface area contributed by atoms with Crippen molar-refractivity contribution in [2.45, 2.75) is 76.8 Å². The van der Waals surface area contributed by atoms with Crippen molar-refractivity contribution in [3.63, 3.8) is 0 Å². The number of carbonyl (C=O) groups is 2. The Balaban J connectivity index is 1.42. The summed E-state index contributed by atoms with van der Waals surface area (Å²) in [6, 6.07) is -0.101. The SMILES string of the molecule is CC(C)(C)NC(=O)CCNC(=O)NC12CC3CC(CC(C3)C1)C2. The summed E-state index contributed by atoms with van der Waals surface area (Å²) in [7, 11) is 0. The Labute approximate surface area is 139 Å². The van der Waals surface area contributed by atoms with Crippen LogP contribution in [0.5, 0.6) is 0 Å². The van der Waals surface area contributed by atoms with Crippen molar-refractivity contribution in [2.75, 3.05) is 6.54 Å². The van der Waals surface area contributed by atoms with Gasteiger partial charge < -0.3 is 16.0 Å². The molecule has 4 aliphatic rings. The smallest absolute Gasteiger partial charge is 0.315 e. The van der Waals surface area contributed by atoms with Gasteiger partial charge in [-0.05, 0) is 77.0 Å². The summed E-state index contributed by atoms with van der Waals surface area (Å²) in [5, 5.41) is 9.04. The maximum Gasteiger partial charge on any atom is 0.315 e. The molecular formula is C18H31N3O2. The summed E-state index contributed by atoms with van der Waals surface area (Å²) >= 11 is 0. The summed E-state index contributed by atoms with van der Waals surface area (Å²) in [4.78, 5) is 24.0. The Morgan fingerprint density at radius 2 is 1.52 bits per heavy atom. The van der Waals surface area contributed by atoms with Crippen LogP contribution in [0.1, 0.15) is 65.7 Å². The molecule has 4 rings (SSSR count). The van der Waals surface area contributed by atoms with Crippen molar-refractivity contribution in [3.05, 3.63) is 0 Å². The quantitative estimate of drug-likeness (QED) is 0.745. The molecule has 4 fully saturated rings. The summed E-state index contributed by atoms with van der Waals surface area (Å²) in [6.45, 7) is 6.26. The molecule has 5 heteroatoms. The second-order valence-electron chi connectivity index (χ2n) is 9.13. The van der Waals surface area contributed by atoms with E-state index in [-0.39, 0.29) is 23.0 Å². The Morgan fingerprint density at radius 3 is 2.00 bits per heavy atom. The average Bonchev–Trinajstić information content (AvgIpc) is 2.33. The van der Waals surface area contributed by atoms with E-state index in [0.717, 1.165) is 37.0 Å². The van der Waals surface area contributed by atoms with E-state index in [9.17, 15) is 9.59 Å². The lowest BCUT2D eigenvalue weighted by molar-refractivity contribution is -0.122. The molecule has 4 saturated carbocycles. The van der Waals surface area contributed by atoms with E-state index in [2.05, 4.69) is 16.0 Å². The van der Waals surface area contributed by atoms with Crippen LogP contribution in [0.15, 0.2) is 0 Å². The van der Waals surface area contributed by atoms with Crippen molar-refractivity contribution in [1.29, 1.82) is 0 Å². The minimum atomic E-state index is -0.224. The van der Waals surface area contributed by atoms with Gasteiger partial charge in [0.15, 0.2) is 0 Å². The van der Waals surface area contributed by atoms with Gasteiger partial charge in [0.2, 0.25) is 5.91 Å². The van der Waals surface area contributed by atoms with Crippen molar-refractivity contribution in [1.82, 2.24) is 16.0 Å². The molecule has 4 bridgehead atoms. The van der Waals surface area contributed by atoms with Gasteiger partial charge in [0.25, 0.3) is 0 Å². The zero-order valence-electron chi connectivity index (χ0n) is 14.7. The first-order valence-corrected chi connectivity index (χ1v) is 9.10. The first-order chi connectivity index (χ1) is 10.7. The largest absolute Gasteiger partial charge is 0.351 e. The van der Waals surface area contributed by atoms with Crippen LogP contribution >= 0.6 is 0 Å². The molecule has 0 heterocycles. The zero-order chi connectivity index (χ0) is 16.7. The van der Waals surface area contributed by atoms with Gasteiger partial charge in [0.1, 0.15) is 0 Å². The first-order valence-electron chi connectivity index (χ1n) is 9.10. The van der Waals surface area contributed by atoms with Gasteiger partial charge in [0.05, 0.1) is 0 Å². The first kappa shape index (κ1) is 16.6. The molecular weight excluding hydrogens is 290 g/mol. The van der Waals surface area contributed by atoms with Crippen LogP contribution in [-0.4, -0.2) is 29.6 Å². The summed E-state index contributed by atoms with van der Waals surface area (Å²) in [6.07, 6.45) is 7.89. The Morgan fingerprint density at radius 1 is 1.00 bits per heavy atom. The lowest BCUT2D eigenvalue weighted by Gasteiger charge is -2.56.